The van der Waals surface area contributed by atoms with Gasteiger partial charge in [-0.2, -0.15) is 0 Å². The lowest BCUT2D eigenvalue weighted by Crippen LogP contribution is -2.37. The maximum absolute atomic E-state index is 12.0. The van der Waals surface area contributed by atoms with Crippen molar-refractivity contribution in [1.29, 1.82) is 0 Å². The maximum atomic E-state index is 12.0. The van der Waals surface area contributed by atoms with E-state index in [-0.39, 0.29) is 10.9 Å². The molecule has 51 heavy (non-hydrogen) atoms. The average Bonchev–Trinajstić information content (AvgIpc) is 3.13. The second-order valence-electron chi connectivity index (χ2n) is 16.3. The molecule has 0 unspecified atom stereocenters. The normalized spacial score (nSPS) is 11.9. The Morgan fingerprint density at radius 3 is 1.10 bits per heavy atom. The molecule has 5 heteroatoms. The first-order valence-electron chi connectivity index (χ1n) is 23.0. The predicted octanol–water partition coefficient (Wildman–Crippen LogP) is 13.4. The lowest BCUT2D eigenvalue weighted by atomic mass is 9.90. The lowest BCUT2D eigenvalue weighted by molar-refractivity contribution is 0.259. The van der Waals surface area contributed by atoms with E-state index in [0.717, 1.165) is 31.3 Å². The summed E-state index contributed by atoms with van der Waals surface area (Å²) in [5, 5.41) is 6.11. The first kappa shape index (κ1) is 47.7. The van der Waals surface area contributed by atoms with Gasteiger partial charge in [0.2, 0.25) is 0 Å². The van der Waals surface area contributed by atoms with E-state index in [0.29, 0.717) is 11.4 Å². The number of unbranched alkanes of at least 4 members (excludes halogenated alkanes) is 18. The number of nitrogens with one attached hydrogen (secondary N) is 2. The van der Waals surface area contributed by atoms with Gasteiger partial charge in [-0.1, -0.05) is 207 Å². The lowest BCUT2D eigenvalue weighted by Gasteiger charge is -2.23. The van der Waals surface area contributed by atoms with Gasteiger partial charge in [0, 0.05) is 13.6 Å². The highest BCUT2D eigenvalue weighted by molar-refractivity contribution is 5.73. The highest BCUT2D eigenvalue weighted by atomic mass is 16.2. The topological polar surface area (TPSA) is 61.4 Å². The van der Waals surface area contributed by atoms with Crippen LogP contribution in [0, 0.1) is 11.8 Å². The van der Waals surface area contributed by atoms with Gasteiger partial charge in [0.15, 0.2) is 0 Å². The Morgan fingerprint density at radius 1 is 0.412 bits per heavy atom. The van der Waals surface area contributed by atoms with Crippen LogP contribution in [0.5, 0.6) is 0 Å². The van der Waals surface area contributed by atoms with Crippen LogP contribution in [0.4, 0.5) is 11.4 Å². The van der Waals surface area contributed by atoms with Gasteiger partial charge in [0.25, 0.3) is 10.9 Å². The van der Waals surface area contributed by atoms with E-state index >= 15 is 0 Å². The number of hydrogen-bond donors (Lipinski definition) is 2. The fraction of sp³-hybridized carbons (Fsp3) is 0.913. The van der Waals surface area contributed by atoms with Gasteiger partial charge in [-0.05, 0) is 50.7 Å². The Hall–Kier alpha value is -1.36. The van der Waals surface area contributed by atoms with E-state index in [2.05, 4.69) is 43.2 Å². The minimum Gasteiger partial charge on any atom is -0.383 e. The molecule has 0 heterocycles. The SMILES string of the molecule is CCCCCC(CCCCC)CCCCCCCCCN(CCCCCCCC(CCCCC)CCCCC)CCCNc1c(NC)c(=O)c1=O. The van der Waals surface area contributed by atoms with Crippen LogP contribution < -0.4 is 21.5 Å². The molecule has 0 aliphatic heterocycles. The highest BCUT2D eigenvalue weighted by Gasteiger charge is 2.19. The van der Waals surface area contributed by atoms with Crippen LogP contribution in [0.2, 0.25) is 0 Å². The van der Waals surface area contributed by atoms with Gasteiger partial charge in [-0.3, -0.25) is 9.59 Å². The van der Waals surface area contributed by atoms with Crippen LogP contribution in [-0.4, -0.2) is 38.1 Å². The number of nitrogens with zero attached hydrogens (tertiary/aromatic N) is 1. The van der Waals surface area contributed by atoms with Crippen LogP contribution in [0.1, 0.15) is 227 Å². The van der Waals surface area contributed by atoms with Gasteiger partial charge in [0.05, 0.1) is 0 Å². The van der Waals surface area contributed by atoms with Crippen molar-refractivity contribution in [3.05, 3.63) is 20.4 Å². The molecule has 0 radical (unpaired) electrons. The third-order valence-corrected chi connectivity index (χ3v) is 11.7. The van der Waals surface area contributed by atoms with Crippen molar-refractivity contribution >= 4 is 11.4 Å². The Bertz CT molecular complexity index is 935. The predicted molar refractivity (Wildman–Crippen MR) is 229 cm³/mol. The standard InChI is InChI=1S/C46H89N3O2/c1-6-10-22-31-41(32-23-11-7-2)35-26-18-15-14-16-20-28-38-49(40-30-37-48-44-43(47-5)45(50)46(44)51)39-29-21-17-19-27-36-42(33-24-12-8-3)34-25-13-9-4/h41-42,47-48H,6-40H2,1-5H3. The van der Waals surface area contributed by atoms with Crippen molar-refractivity contribution in [2.75, 3.05) is 43.9 Å². The van der Waals surface area contributed by atoms with Gasteiger partial charge in [-0.15, -0.1) is 0 Å². The zero-order chi connectivity index (χ0) is 37.2. The van der Waals surface area contributed by atoms with Crippen molar-refractivity contribution in [2.45, 2.75) is 227 Å². The minimum atomic E-state index is -0.390. The van der Waals surface area contributed by atoms with Crippen LogP contribution in [0.25, 0.3) is 0 Å². The van der Waals surface area contributed by atoms with E-state index in [1.165, 1.54) is 206 Å². The van der Waals surface area contributed by atoms with Gasteiger partial charge >= 0.3 is 0 Å². The first-order valence-corrected chi connectivity index (χ1v) is 23.0. The molecule has 0 aliphatic carbocycles. The molecule has 2 N–H and O–H groups in total. The molecule has 0 fully saturated rings. The summed E-state index contributed by atoms with van der Waals surface area (Å²) in [6, 6.07) is 0. The average molecular weight is 716 g/mol. The molecule has 0 aliphatic rings. The van der Waals surface area contributed by atoms with Crippen LogP contribution in [-0.2, 0) is 0 Å². The summed E-state index contributed by atoms with van der Waals surface area (Å²) in [5.74, 6) is 1.95. The fourth-order valence-corrected chi connectivity index (χ4v) is 8.20. The zero-order valence-electron chi connectivity index (χ0n) is 35.2. The molecule has 0 amide bonds. The third kappa shape index (κ3) is 24.6. The van der Waals surface area contributed by atoms with Crippen molar-refractivity contribution < 1.29 is 0 Å². The zero-order valence-corrected chi connectivity index (χ0v) is 35.2. The molecule has 0 aromatic heterocycles. The monoisotopic (exact) mass is 716 g/mol. The summed E-state index contributed by atoms with van der Waals surface area (Å²) in [6.07, 6.45) is 43.0. The molecule has 0 saturated heterocycles. The Labute approximate surface area is 318 Å². The minimum absolute atomic E-state index is 0.372. The number of hydrogen-bond acceptors (Lipinski definition) is 5. The van der Waals surface area contributed by atoms with E-state index in [1.807, 2.05) is 0 Å². The summed E-state index contributed by atoms with van der Waals surface area (Å²) in [5.41, 5.74) is 0.168. The molecule has 1 aromatic rings. The Morgan fingerprint density at radius 2 is 0.725 bits per heavy atom. The molecular weight excluding hydrogens is 627 g/mol. The summed E-state index contributed by atoms with van der Waals surface area (Å²) in [7, 11) is 1.71. The Kier molecular flexibility index (Phi) is 32.2. The molecule has 0 spiro atoms. The number of anilines is 2. The molecule has 1 aromatic carbocycles. The van der Waals surface area contributed by atoms with Crippen LogP contribution in [0.15, 0.2) is 9.59 Å². The molecule has 0 saturated carbocycles. The fourth-order valence-electron chi connectivity index (χ4n) is 8.20. The van der Waals surface area contributed by atoms with Gasteiger partial charge < -0.3 is 15.5 Å². The van der Waals surface area contributed by atoms with Crippen molar-refractivity contribution in [2.24, 2.45) is 11.8 Å². The Balaban J connectivity index is 2.36. The van der Waals surface area contributed by atoms with E-state index in [4.69, 9.17) is 0 Å². The molecular formula is C46H89N3O2. The van der Waals surface area contributed by atoms with E-state index in [1.54, 1.807) is 7.05 Å². The van der Waals surface area contributed by atoms with Crippen LogP contribution in [0.3, 0.4) is 0 Å². The summed E-state index contributed by atoms with van der Waals surface area (Å²) in [6.45, 7) is 13.5. The summed E-state index contributed by atoms with van der Waals surface area (Å²) in [4.78, 5) is 26.4. The number of rotatable bonds is 40. The highest BCUT2D eigenvalue weighted by Crippen LogP contribution is 2.25. The molecule has 1 rings (SSSR count). The largest absolute Gasteiger partial charge is 0.383 e. The third-order valence-electron chi connectivity index (χ3n) is 11.7. The molecule has 0 atom stereocenters. The van der Waals surface area contributed by atoms with Gasteiger partial charge in [-0.25, -0.2) is 0 Å². The van der Waals surface area contributed by atoms with Crippen molar-refractivity contribution in [3.63, 3.8) is 0 Å². The molecule has 0 bridgehead atoms. The van der Waals surface area contributed by atoms with Crippen molar-refractivity contribution in [1.82, 2.24) is 4.90 Å². The first-order chi connectivity index (χ1) is 25.0. The molecule has 300 valence electrons. The summed E-state index contributed by atoms with van der Waals surface area (Å²) < 4.78 is 0. The maximum Gasteiger partial charge on any atom is 0.253 e. The quantitative estimate of drug-likeness (QED) is 0.0523. The smallest absolute Gasteiger partial charge is 0.253 e. The van der Waals surface area contributed by atoms with Gasteiger partial charge in [0.1, 0.15) is 11.4 Å². The second kappa shape index (κ2) is 34.4. The van der Waals surface area contributed by atoms with Crippen molar-refractivity contribution in [3.8, 4) is 0 Å². The van der Waals surface area contributed by atoms with E-state index in [9.17, 15) is 9.59 Å². The van der Waals surface area contributed by atoms with E-state index < -0.39 is 0 Å². The summed E-state index contributed by atoms with van der Waals surface area (Å²) >= 11 is 0. The molecule has 5 nitrogen and oxygen atoms in total. The van der Waals surface area contributed by atoms with Crippen LogP contribution >= 0.6 is 0 Å². The second-order valence-corrected chi connectivity index (χ2v) is 16.3.